The molecule has 0 aliphatic rings. The molecule has 5 heteroatoms. The molecule has 0 atom stereocenters. The van der Waals surface area contributed by atoms with Crippen LogP contribution in [0.5, 0.6) is 0 Å². The Balaban J connectivity index is 0.000001000. The molecule has 0 fully saturated rings. The average molecular weight is 411 g/mol. The number of hydrogen-bond acceptors (Lipinski definition) is 3. The Morgan fingerprint density at radius 3 is 2.83 bits per heavy atom. The number of nitrogens with zero attached hydrogens (tertiary/aromatic N) is 4. The monoisotopic (exact) mass is 412 g/mol. The zero-order chi connectivity index (χ0) is 11.2. The number of benzene rings is 1. The molecule has 0 saturated heterocycles. The minimum absolute atomic E-state index is 0. The van der Waals surface area contributed by atoms with Gasteiger partial charge in [0, 0.05) is 55.9 Å². The fourth-order valence-corrected chi connectivity index (χ4v) is 2.13. The maximum atomic E-state index is 4.38. The first-order chi connectivity index (χ1) is 8.43. The third-order valence-corrected chi connectivity index (χ3v) is 2.90. The summed E-state index contributed by atoms with van der Waals surface area (Å²) in [7, 11) is 0. The maximum Gasteiger partial charge on any atom is 0.0604 e. The van der Waals surface area contributed by atoms with Gasteiger partial charge in [0.05, 0.1) is 5.65 Å². The summed E-state index contributed by atoms with van der Waals surface area (Å²) in [5.74, 6) is 0. The van der Waals surface area contributed by atoms with Crippen molar-refractivity contribution < 1.29 is 20.1 Å². The van der Waals surface area contributed by atoms with Crippen LogP contribution in [0.4, 0.5) is 0 Å². The van der Waals surface area contributed by atoms with E-state index in [0.717, 1.165) is 27.5 Å². The van der Waals surface area contributed by atoms with Gasteiger partial charge in [0.15, 0.2) is 0 Å². The van der Waals surface area contributed by atoms with E-state index in [4.69, 9.17) is 0 Å². The van der Waals surface area contributed by atoms with Gasteiger partial charge in [-0.1, -0.05) is 16.8 Å². The van der Waals surface area contributed by atoms with Crippen LogP contribution in [-0.4, -0.2) is 19.4 Å². The first-order valence-corrected chi connectivity index (χ1v) is 5.30. The van der Waals surface area contributed by atoms with Gasteiger partial charge in [0.1, 0.15) is 0 Å². The molecule has 1 radical (unpaired) electrons. The van der Waals surface area contributed by atoms with Crippen LogP contribution in [0.1, 0.15) is 0 Å². The second kappa shape index (κ2) is 4.12. The molecule has 4 nitrogen and oxygen atoms in total. The molecular formula is C13H7IrN4-. The molecule has 89 valence electrons. The van der Waals surface area contributed by atoms with Crippen LogP contribution in [0.25, 0.3) is 27.5 Å². The fourth-order valence-electron chi connectivity index (χ4n) is 2.13. The summed E-state index contributed by atoms with van der Waals surface area (Å²) in [6.07, 6.45) is 9.08. The summed E-state index contributed by atoms with van der Waals surface area (Å²) in [4.78, 5) is 13.0. The molecule has 18 heavy (non-hydrogen) atoms. The van der Waals surface area contributed by atoms with E-state index < -0.39 is 0 Å². The molecule has 3 aromatic heterocycles. The minimum atomic E-state index is 0. The summed E-state index contributed by atoms with van der Waals surface area (Å²) < 4.78 is 1.97. The smallest absolute Gasteiger partial charge is 0.0604 e. The van der Waals surface area contributed by atoms with Crippen LogP contribution in [0.2, 0.25) is 0 Å². The van der Waals surface area contributed by atoms with E-state index in [-0.39, 0.29) is 20.1 Å². The molecule has 4 aromatic rings. The zero-order valence-corrected chi connectivity index (χ0v) is 11.6. The van der Waals surface area contributed by atoms with E-state index in [9.17, 15) is 0 Å². The van der Waals surface area contributed by atoms with Gasteiger partial charge in [0.2, 0.25) is 0 Å². The Kier molecular flexibility index (Phi) is 2.58. The Hall–Kier alpha value is -1.84. The molecule has 0 aliphatic heterocycles. The van der Waals surface area contributed by atoms with Gasteiger partial charge in [-0.05, 0) is 6.20 Å². The van der Waals surface area contributed by atoms with Crippen molar-refractivity contribution in [1.29, 1.82) is 0 Å². The van der Waals surface area contributed by atoms with Crippen molar-refractivity contribution in [2.45, 2.75) is 0 Å². The fraction of sp³-hybridized carbons (Fsp3) is 0. The second-order valence-corrected chi connectivity index (χ2v) is 3.84. The van der Waals surface area contributed by atoms with E-state index in [2.05, 4.69) is 21.0 Å². The van der Waals surface area contributed by atoms with Crippen LogP contribution < -0.4 is 0 Å². The van der Waals surface area contributed by atoms with E-state index in [1.54, 1.807) is 18.6 Å². The normalized spacial score (nSPS) is 10.9. The summed E-state index contributed by atoms with van der Waals surface area (Å²) in [5, 5.41) is 2.01. The van der Waals surface area contributed by atoms with Gasteiger partial charge in [-0.25, -0.2) is 0 Å². The van der Waals surface area contributed by atoms with Crippen LogP contribution in [0.15, 0.2) is 43.1 Å². The summed E-state index contributed by atoms with van der Waals surface area (Å²) >= 11 is 0. The first kappa shape index (κ1) is 11.3. The molecule has 1 aromatic carbocycles. The van der Waals surface area contributed by atoms with Crippen LogP contribution in [-0.2, 0) is 20.1 Å². The van der Waals surface area contributed by atoms with Crippen LogP contribution >= 0.6 is 0 Å². The summed E-state index contributed by atoms with van der Waals surface area (Å²) in [6, 6.07) is 7.12. The standard InChI is InChI=1S/C13H7N4.Ir/c1-2-11-12(15-5-4-14-11)9-3-7-17-8-6-16-13(17)10(1)9;/h2-8H;/q-1;. The van der Waals surface area contributed by atoms with Gasteiger partial charge in [-0.2, -0.15) is 0 Å². The molecule has 0 saturated carbocycles. The van der Waals surface area contributed by atoms with Crippen molar-refractivity contribution in [3.8, 4) is 0 Å². The number of fused-ring (bicyclic) bond motifs is 5. The Labute approximate surface area is 116 Å². The SMILES string of the molecule is [Ir].[c-]1cc2nccnc2c2ccn3ccnc3c12. The van der Waals surface area contributed by atoms with Crippen molar-refractivity contribution in [3.05, 3.63) is 49.2 Å². The Morgan fingerprint density at radius 1 is 1.00 bits per heavy atom. The largest absolute Gasteiger partial charge is 0.347 e. The molecule has 0 aliphatic carbocycles. The number of rotatable bonds is 0. The summed E-state index contributed by atoms with van der Waals surface area (Å²) in [5.41, 5.74) is 2.65. The first-order valence-electron chi connectivity index (χ1n) is 5.30. The zero-order valence-electron chi connectivity index (χ0n) is 9.16. The van der Waals surface area contributed by atoms with Crippen molar-refractivity contribution in [2.24, 2.45) is 0 Å². The second-order valence-electron chi connectivity index (χ2n) is 3.84. The third kappa shape index (κ3) is 1.45. The maximum absolute atomic E-state index is 4.38. The van der Waals surface area contributed by atoms with Crippen molar-refractivity contribution in [3.63, 3.8) is 0 Å². The molecule has 0 spiro atoms. The minimum Gasteiger partial charge on any atom is -0.347 e. The average Bonchev–Trinajstić information content (AvgIpc) is 2.86. The molecule has 0 N–H and O–H groups in total. The molecule has 4 rings (SSSR count). The number of aromatic nitrogens is 4. The predicted molar refractivity (Wildman–Crippen MR) is 64.6 cm³/mol. The van der Waals surface area contributed by atoms with Gasteiger partial charge in [0.25, 0.3) is 0 Å². The van der Waals surface area contributed by atoms with E-state index >= 15 is 0 Å². The third-order valence-electron chi connectivity index (χ3n) is 2.90. The quantitative estimate of drug-likeness (QED) is 0.329. The van der Waals surface area contributed by atoms with Gasteiger partial charge < -0.3 is 9.38 Å². The summed E-state index contributed by atoms with van der Waals surface area (Å²) in [6.45, 7) is 0. The van der Waals surface area contributed by atoms with Crippen molar-refractivity contribution >= 4 is 27.5 Å². The molecule has 0 bridgehead atoms. The number of hydrogen-bond donors (Lipinski definition) is 0. The van der Waals surface area contributed by atoms with E-state index in [1.165, 1.54) is 0 Å². The molecule has 3 heterocycles. The van der Waals surface area contributed by atoms with E-state index in [1.807, 2.05) is 28.9 Å². The van der Waals surface area contributed by atoms with Gasteiger partial charge in [-0.3, -0.25) is 9.97 Å². The van der Waals surface area contributed by atoms with Gasteiger partial charge >= 0.3 is 0 Å². The van der Waals surface area contributed by atoms with Crippen LogP contribution in [0.3, 0.4) is 0 Å². The molecular weight excluding hydrogens is 404 g/mol. The van der Waals surface area contributed by atoms with E-state index in [0.29, 0.717) is 0 Å². The Bertz CT molecular complexity index is 853. The molecule has 0 unspecified atom stereocenters. The van der Waals surface area contributed by atoms with Crippen LogP contribution in [0, 0.1) is 6.07 Å². The van der Waals surface area contributed by atoms with Crippen molar-refractivity contribution in [1.82, 2.24) is 19.4 Å². The molecule has 0 amide bonds. The number of pyridine rings is 1. The number of imidazole rings is 1. The topological polar surface area (TPSA) is 43.1 Å². The van der Waals surface area contributed by atoms with Gasteiger partial charge in [-0.15, -0.1) is 12.1 Å². The van der Waals surface area contributed by atoms with Crippen molar-refractivity contribution in [2.75, 3.05) is 0 Å². The predicted octanol–water partition coefficient (Wildman–Crippen LogP) is 2.23. The Morgan fingerprint density at radius 2 is 1.89 bits per heavy atom.